The molecular formula is C25H30FN5O4S. The van der Waals surface area contributed by atoms with Crippen LogP contribution < -0.4 is 5.32 Å². The summed E-state index contributed by atoms with van der Waals surface area (Å²) in [7, 11) is -3.12. The van der Waals surface area contributed by atoms with Crippen molar-refractivity contribution in [2.45, 2.75) is 45.6 Å². The van der Waals surface area contributed by atoms with E-state index in [0.717, 1.165) is 5.56 Å². The van der Waals surface area contributed by atoms with E-state index in [1.54, 1.807) is 36.6 Å². The summed E-state index contributed by atoms with van der Waals surface area (Å²) >= 11 is 0. The van der Waals surface area contributed by atoms with Gasteiger partial charge in [0.2, 0.25) is 0 Å². The summed E-state index contributed by atoms with van der Waals surface area (Å²) in [6.07, 6.45) is 2.77. The Labute approximate surface area is 209 Å². The number of aliphatic hydroxyl groups excluding tert-OH is 1. The van der Waals surface area contributed by atoms with Crippen molar-refractivity contribution in [1.82, 2.24) is 19.7 Å². The van der Waals surface area contributed by atoms with E-state index in [2.05, 4.69) is 20.5 Å². The van der Waals surface area contributed by atoms with E-state index in [9.17, 15) is 22.7 Å². The van der Waals surface area contributed by atoms with Crippen LogP contribution in [0.15, 0.2) is 36.7 Å². The lowest BCUT2D eigenvalue weighted by molar-refractivity contribution is 0.102. The summed E-state index contributed by atoms with van der Waals surface area (Å²) < 4.78 is 40.9. The van der Waals surface area contributed by atoms with Crippen molar-refractivity contribution in [3.63, 3.8) is 0 Å². The molecule has 192 valence electrons. The lowest BCUT2D eigenvalue weighted by atomic mass is 9.99. The van der Waals surface area contributed by atoms with E-state index in [1.807, 2.05) is 6.92 Å². The second kappa shape index (κ2) is 10.4. The van der Waals surface area contributed by atoms with Gasteiger partial charge in [-0.05, 0) is 73.9 Å². The third kappa shape index (κ3) is 5.62. The molecule has 3 aromatic rings. The molecule has 1 saturated carbocycles. The predicted octanol–water partition coefficient (Wildman–Crippen LogP) is 3.52. The van der Waals surface area contributed by atoms with Gasteiger partial charge in [-0.2, -0.15) is 0 Å². The van der Waals surface area contributed by atoms with Crippen molar-refractivity contribution in [3.8, 4) is 11.5 Å². The van der Waals surface area contributed by atoms with E-state index in [0.29, 0.717) is 29.9 Å². The molecule has 0 bridgehead atoms. The Hall–Kier alpha value is -3.18. The molecule has 2 heterocycles. The average molecular weight is 516 g/mol. The fraction of sp³-hybridized carbons (Fsp3) is 0.440. The van der Waals surface area contributed by atoms with Crippen LogP contribution in [0.4, 0.5) is 10.2 Å². The molecule has 1 aliphatic carbocycles. The van der Waals surface area contributed by atoms with Crippen molar-refractivity contribution in [2.75, 3.05) is 23.4 Å². The van der Waals surface area contributed by atoms with Crippen molar-refractivity contribution in [2.24, 2.45) is 5.92 Å². The first kappa shape index (κ1) is 25.9. The molecule has 3 atom stereocenters. The molecule has 0 aliphatic heterocycles. The van der Waals surface area contributed by atoms with Crippen LogP contribution in [0, 0.1) is 18.7 Å². The third-order valence-electron chi connectivity index (χ3n) is 6.44. The number of nitrogens with one attached hydrogen (secondary N) is 1. The van der Waals surface area contributed by atoms with Gasteiger partial charge in [0.1, 0.15) is 23.7 Å². The molecule has 2 N–H and O–H groups in total. The van der Waals surface area contributed by atoms with Gasteiger partial charge in [0, 0.05) is 5.75 Å². The first-order valence-electron chi connectivity index (χ1n) is 11.9. The highest BCUT2D eigenvalue weighted by molar-refractivity contribution is 7.91. The summed E-state index contributed by atoms with van der Waals surface area (Å²) in [5.41, 5.74) is 1.81. The molecule has 0 spiro atoms. The third-order valence-corrected chi connectivity index (χ3v) is 8.40. The van der Waals surface area contributed by atoms with Crippen molar-refractivity contribution < 1.29 is 22.7 Å². The van der Waals surface area contributed by atoms with Crippen LogP contribution >= 0.6 is 0 Å². The highest BCUT2D eigenvalue weighted by atomic mass is 32.2. The van der Waals surface area contributed by atoms with Crippen LogP contribution in [0.3, 0.4) is 0 Å². The predicted molar refractivity (Wildman–Crippen MR) is 134 cm³/mol. The zero-order valence-corrected chi connectivity index (χ0v) is 21.3. The van der Waals surface area contributed by atoms with Crippen molar-refractivity contribution >= 4 is 21.6 Å². The minimum Gasteiger partial charge on any atom is -0.394 e. The van der Waals surface area contributed by atoms with Crippen LogP contribution in [-0.4, -0.2) is 57.3 Å². The number of rotatable bonds is 10. The molecule has 0 radical (unpaired) electrons. The van der Waals surface area contributed by atoms with Crippen LogP contribution in [0.1, 0.15) is 60.1 Å². The highest BCUT2D eigenvalue weighted by Gasteiger charge is 2.42. The number of anilines is 1. The minimum absolute atomic E-state index is 0.00916. The van der Waals surface area contributed by atoms with Gasteiger partial charge in [0.15, 0.2) is 15.7 Å². The average Bonchev–Trinajstić information content (AvgIpc) is 3.37. The zero-order valence-electron chi connectivity index (χ0n) is 20.5. The smallest absolute Gasteiger partial charge is 0.259 e. The number of aromatic nitrogens is 4. The molecule has 9 nitrogen and oxygen atoms in total. The maximum absolute atomic E-state index is 14.8. The van der Waals surface area contributed by atoms with Gasteiger partial charge in [-0.3, -0.25) is 4.79 Å². The maximum Gasteiger partial charge on any atom is 0.259 e. The monoisotopic (exact) mass is 515 g/mol. The summed E-state index contributed by atoms with van der Waals surface area (Å²) in [5.74, 6) is -0.428. The van der Waals surface area contributed by atoms with Crippen LogP contribution in [0.2, 0.25) is 0 Å². The Bertz CT molecular complexity index is 1370. The number of carbonyl (C=O) groups is 1. The Kier molecular flexibility index (Phi) is 7.51. The van der Waals surface area contributed by atoms with Gasteiger partial charge in [0.05, 0.1) is 24.0 Å². The summed E-state index contributed by atoms with van der Waals surface area (Å²) in [5, 5.41) is 20.1. The van der Waals surface area contributed by atoms with E-state index < -0.39 is 21.6 Å². The second-order valence-electron chi connectivity index (χ2n) is 9.36. The minimum atomic E-state index is -3.12. The number of carbonyl (C=O) groups excluding carboxylic acids is 1. The van der Waals surface area contributed by atoms with E-state index >= 15 is 0 Å². The number of aliphatic hydroxyl groups is 1. The normalized spacial score (nSPS) is 18.1. The Morgan fingerprint density at radius 3 is 2.83 bits per heavy atom. The quantitative estimate of drug-likeness (QED) is 0.423. The van der Waals surface area contributed by atoms with Gasteiger partial charge < -0.3 is 15.0 Å². The van der Waals surface area contributed by atoms with Gasteiger partial charge in [-0.1, -0.05) is 13.0 Å². The molecular weight excluding hydrogens is 485 g/mol. The number of pyridine rings is 1. The summed E-state index contributed by atoms with van der Waals surface area (Å²) in [4.78, 5) is 17.4. The molecule has 2 aromatic heterocycles. The number of halogens is 1. The van der Waals surface area contributed by atoms with E-state index in [4.69, 9.17) is 0 Å². The highest BCUT2D eigenvalue weighted by Crippen LogP contribution is 2.49. The van der Waals surface area contributed by atoms with Gasteiger partial charge in [-0.15, -0.1) is 10.2 Å². The Morgan fingerprint density at radius 1 is 1.33 bits per heavy atom. The lowest BCUT2D eigenvalue weighted by Gasteiger charge is -2.13. The lowest BCUT2D eigenvalue weighted by Crippen LogP contribution is -2.16. The molecule has 36 heavy (non-hydrogen) atoms. The molecule has 1 fully saturated rings. The van der Waals surface area contributed by atoms with Gasteiger partial charge in [0.25, 0.3) is 5.91 Å². The second-order valence-corrected chi connectivity index (χ2v) is 11.6. The number of hydrogen-bond acceptors (Lipinski definition) is 7. The summed E-state index contributed by atoms with van der Waals surface area (Å²) in [6, 6.07) is 7.55. The fourth-order valence-electron chi connectivity index (χ4n) is 4.45. The molecule has 0 saturated heterocycles. The largest absolute Gasteiger partial charge is 0.394 e. The summed E-state index contributed by atoms with van der Waals surface area (Å²) in [6.45, 7) is 5.30. The van der Waals surface area contributed by atoms with Crippen LogP contribution in [0.5, 0.6) is 0 Å². The van der Waals surface area contributed by atoms with Gasteiger partial charge in [-0.25, -0.2) is 17.8 Å². The van der Waals surface area contributed by atoms with Gasteiger partial charge >= 0.3 is 0 Å². The van der Waals surface area contributed by atoms with Crippen molar-refractivity contribution in [1.29, 1.82) is 0 Å². The zero-order chi connectivity index (χ0) is 26.0. The molecule has 1 aromatic carbocycles. The molecule has 1 aliphatic rings. The Balaban J connectivity index is 1.53. The number of hydrogen-bond donors (Lipinski definition) is 2. The molecule has 4 rings (SSSR count). The topological polar surface area (TPSA) is 127 Å². The number of benzene rings is 1. The standard InChI is InChI=1S/C25H30FN5O4S/c1-4-8-36(34,35)13-17-10-19(17)18-11-20(21(26)9-15(18)2)25(33)29-23-7-5-6-22(28-23)24-30-27-14-31(24)16(3)12-32/h5-7,9,11,14,16-17,19,32H,4,8,10,12-13H2,1-3H3,(H,28,29,33)/t16-,17?,19?/m1/s1. The molecule has 11 heteroatoms. The first-order valence-corrected chi connectivity index (χ1v) is 13.7. The molecule has 1 amide bonds. The number of amides is 1. The first-order chi connectivity index (χ1) is 17.1. The number of sulfone groups is 1. The Morgan fingerprint density at radius 2 is 2.11 bits per heavy atom. The number of aryl methyl sites for hydroxylation is 1. The number of nitrogens with zero attached hydrogens (tertiary/aromatic N) is 4. The van der Waals surface area contributed by atoms with Crippen molar-refractivity contribution in [3.05, 3.63) is 59.2 Å². The maximum atomic E-state index is 14.8. The van der Waals surface area contributed by atoms with Crippen LogP contribution in [0.25, 0.3) is 11.5 Å². The SMILES string of the molecule is CCCS(=O)(=O)CC1CC1c1cc(C(=O)Nc2cccc(-c3nncn3[C@H](C)CO)n2)c(F)cc1C. The molecule has 2 unspecified atom stereocenters. The fourth-order valence-corrected chi connectivity index (χ4v) is 6.25. The van der Waals surface area contributed by atoms with E-state index in [1.165, 1.54) is 18.5 Å². The van der Waals surface area contributed by atoms with Crippen LogP contribution in [-0.2, 0) is 9.84 Å². The van der Waals surface area contributed by atoms with E-state index in [-0.39, 0.29) is 47.4 Å².